The summed E-state index contributed by atoms with van der Waals surface area (Å²) in [6.07, 6.45) is 0. The maximum Gasteiger partial charge on any atom is 0.190 e. The first kappa shape index (κ1) is 14.5. The fraction of sp³-hybridized carbons (Fsp3) is 0.316. The molecule has 2 aromatic rings. The first-order valence-electron chi connectivity index (χ1n) is 7.96. The number of nitrogens with zero attached hydrogens (tertiary/aromatic N) is 1. The van der Waals surface area contributed by atoms with Crippen LogP contribution in [0, 0.1) is 12.8 Å². The molecule has 0 aliphatic carbocycles. The summed E-state index contributed by atoms with van der Waals surface area (Å²) in [5, 5.41) is 4.24. The lowest BCUT2D eigenvalue weighted by molar-refractivity contribution is -0.00316. The normalized spacial score (nSPS) is 28.7. The summed E-state index contributed by atoms with van der Waals surface area (Å²) < 4.78 is 6.48. The molecule has 118 valence electrons. The highest BCUT2D eigenvalue weighted by molar-refractivity contribution is 7.80. The predicted octanol–water partition coefficient (Wildman–Crippen LogP) is 4.18. The van der Waals surface area contributed by atoms with Crippen LogP contribution >= 0.6 is 12.2 Å². The van der Waals surface area contributed by atoms with Gasteiger partial charge < -0.3 is 10.1 Å². The van der Waals surface area contributed by atoms with Gasteiger partial charge in [0.1, 0.15) is 5.75 Å². The average molecular weight is 324 g/mol. The lowest BCUT2D eigenvalue weighted by Gasteiger charge is -2.56. The summed E-state index contributed by atoms with van der Waals surface area (Å²) in [7, 11) is 0. The van der Waals surface area contributed by atoms with Crippen LogP contribution in [0.3, 0.4) is 0 Å². The van der Waals surface area contributed by atoms with E-state index in [4.69, 9.17) is 17.0 Å². The van der Waals surface area contributed by atoms with E-state index in [0.717, 1.165) is 16.5 Å². The van der Waals surface area contributed by atoms with Crippen LogP contribution in [-0.4, -0.2) is 10.8 Å². The number of ether oxygens (including phenoxy) is 1. The third-order valence-corrected chi connectivity index (χ3v) is 5.40. The molecule has 2 bridgehead atoms. The van der Waals surface area contributed by atoms with Gasteiger partial charge >= 0.3 is 0 Å². The third kappa shape index (κ3) is 2.05. The molecule has 0 radical (unpaired) electrons. The molecule has 4 rings (SSSR count). The van der Waals surface area contributed by atoms with Crippen molar-refractivity contribution in [2.45, 2.75) is 32.5 Å². The molecule has 0 unspecified atom stereocenters. The van der Waals surface area contributed by atoms with E-state index in [1.165, 1.54) is 11.1 Å². The highest BCUT2D eigenvalue weighted by Crippen LogP contribution is 2.48. The Bertz CT molecular complexity index is 790. The Morgan fingerprint density at radius 2 is 1.96 bits per heavy atom. The van der Waals surface area contributed by atoms with Gasteiger partial charge in [-0.15, -0.1) is 0 Å². The minimum absolute atomic E-state index is 0.179. The second-order valence-corrected chi connectivity index (χ2v) is 6.97. The number of rotatable bonds is 1. The zero-order valence-corrected chi connectivity index (χ0v) is 14.4. The number of benzene rings is 2. The molecule has 0 amide bonds. The molecule has 2 aromatic carbocycles. The molecule has 2 aliphatic heterocycles. The van der Waals surface area contributed by atoms with Crippen LogP contribution in [0.2, 0.25) is 0 Å². The Balaban J connectivity index is 1.87. The zero-order chi connectivity index (χ0) is 16.2. The maximum atomic E-state index is 6.48. The van der Waals surface area contributed by atoms with Gasteiger partial charge in [-0.05, 0) is 49.8 Å². The molecule has 23 heavy (non-hydrogen) atoms. The van der Waals surface area contributed by atoms with E-state index < -0.39 is 5.72 Å². The standard InChI is InChI=1S/C19H20N2OS/c1-12-7-6-8-14(11-12)21-18(23)20-17-13(2)19(21,3)22-16-10-5-4-9-15(16)17/h4-11,13,17H,1-3H3,(H,20,23)/t13-,17+,19+/m1/s1. The Hall–Kier alpha value is -2.07. The van der Waals surface area contributed by atoms with Gasteiger partial charge in [-0.25, -0.2) is 0 Å². The summed E-state index contributed by atoms with van der Waals surface area (Å²) >= 11 is 5.70. The number of aryl methyl sites for hydroxylation is 1. The van der Waals surface area contributed by atoms with Crippen molar-refractivity contribution in [3.05, 3.63) is 59.7 Å². The van der Waals surface area contributed by atoms with Gasteiger partial charge in [-0.1, -0.05) is 37.3 Å². The second kappa shape index (κ2) is 4.96. The molecule has 3 atom stereocenters. The van der Waals surface area contributed by atoms with Crippen molar-refractivity contribution in [1.29, 1.82) is 0 Å². The van der Waals surface area contributed by atoms with E-state index in [9.17, 15) is 0 Å². The van der Waals surface area contributed by atoms with Crippen LogP contribution in [0.1, 0.15) is 31.0 Å². The van der Waals surface area contributed by atoms with E-state index in [0.29, 0.717) is 0 Å². The molecule has 4 heteroatoms. The molecular weight excluding hydrogens is 304 g/mol. The molecule has 2 heterocycles. The molecule has 1 fully saturated rings. The van der Waals surface area contributed by atoms with Gasteiger partial charge in [-0.3, -0.25) is 4.90 Å². The number of nitrogens with one attached hydrogen (secondary N) is 1. The minimum atomic E-state index is -0.505. The predicted molar refractivity (Wildman–Crippen MR) is 96.8 cm³/mol. The van der Waals surface area contributed by atoms with Crippen molar-refractivity contribution < 1.29 is 4.74 Å². The average Bonchev–Trinajstić information content (AvgIpc) is 2.50. The third-order valence-electron chi connectivity index (χ3n) is 5.10. The molecule has 0 saturated carbocycles. The summed E-state index contributed by atoms with van der Waals surface area (Å²) in [5.74, 6) is 1.19. The largest absolute Gasteiger partial charge is 0.467 e. The highest BCUT2D eigenvalue weighted by atomic mass is 32.1. The highest BCUT2D eigenvalue weighted by Gasteiger charge is 2.53. The smallest absolute Gasteiger partial charge is 0.190 e. The van der Waals surface area contributed by atoms with Gasteiger partial charge in [0.15, 0.2) is 10.8 Å². The molecular formula is C19H20N2OS. The van der Waals surface area contributed by atoms with E-state index in [-0.39, 0.29) is 12.0 Å². The van der Waals surface area contributed by atoms with Gasteiger partial charge in [0, 0.05) is 17.2 Å². The zero-order valence-electron chi connectivity index (χ0n) is 13.5. The number of anilines is 1. The number of hydrogen-bond donors (Lipinski definition) is 1. The topological polar surface area (TPSA) is 24.5 Å². The van der Waals surface area contributed by atoms with Crippen LogP contribution in [-0.2, 0) is 0 Å². The lowest BCUT2D eigenvalue weighted by atomic mass is 9.80. The van der Waals surface area contributed by atoms with E-state index >= 15 is 0 Å². The first-order chi connectivity index (χ1) is 11.0. The number of hydrogen-bond acceptors (Lipinski definition) is 2. The minimum Gasteiger partial charge on any atom is -0.467 e. The second-order valence-electron chi connectivity index (χ2n) is 6.58. The summed E-state index contributed by atoms with van der Waals surface area (Å²) in [5.41, 5.74) is 2.95. The number of thiocarbonyl (C=S) groups is 1. The molecule has 0 aromatic heterocycles. The van der Waals surface area contributed by atoms with Gasteiger partial charge in [0.05, 0.1) is 6.04 Å². The Morgan fingerprint density at radius 3 is 2.74 bits per heavy atom. The molecule has 0 spiro atoms. The molecule has 1 N–H and O–H groups in total. The monoisotopic (exact) mass is 324 g/mol. The van der Waals surface area contributed by atoms with E-state index in [1.807, 2.05) is 12.1 Å². The SMILES string of the molecule is Cc1cccc(N2C(=S)N[C@@H]3c4ccccc4O[C@@]2(C)[C@@H]3C)c1. The van der Waals surface area contributed by atoms with Crippen molar-refractivity contribution in [1.82, 2.24) is 5.32 Å². The van der Waals surface area contributed by atoms with Crippen LogP contribution < -0.4 is 15.0 Å². The van der Waals surface area contributed by atoms with Crippen molar-refractivity contribution >= 4 is 23.0 Å². The van der Waals surface area contributed by atoms with Crippen LogP contribution in [0.4, 0.5) is 5.69 Å². The lowest BCUT2D eigenvalue weighted by Crippen LogP contribution is -2.69. The van der Waals surface area contributed by atoms with E-state index in [2.05, 4.69) is 67.4 Å². The Kier molecular flexibility index (Phi) is 3.13. The molecule has 2 aliphatic rings. The van der Waals surface area contributed by atoms with Crippen LogP contribution in [0.5, 0.6) is 5.75 Å². The Morgan fingerprint density at radius 1 is 1.17 bits per heavy atom. The summed E-state index contributed by atoms with van der Waals surface area (Å²) in [4.78, 5) is 2.12. The maximum absolute atomic E-state index is 6.48. The first-order valence-corrected chi connectivity index (χ1v) is 8.37. The van der Waals surface area contributed by atoms with Gasteiger partial charge in [0.25, 0.3) is 0 Å². The number of para-hydroxylation sites is 1. The summed E-state index contributed by atoms with van der Waals surface area (Å²) in [6, 6.07) is 16.8. The van der Waals surface area contributed by atoms with Crippen molar-refractivity contribution in [3.63, 3.8) is 0 Å². The van der Waals surface area contributed by atoms with Crippen molar-refractivity contribution in [3.8, 4) is 5.75 Å². The molecule has 3 nitrogen and oxygen atoms in total. The molecule has 1 saturated heterocycles. The fourth-order valence-corrected chi connectivity index (χ4v) is 4.13. The fourth-order valence-electron chi connectivity index (χ4n) is 3.72. The van der Waals surface area contributed by atoms with E-state index in [1.54, 1.807) is 0 Å². The quantitative estimate of drug-likeness (QED) is 0.796. The van der Waals surface area contributed by atoms with Crippen molar-refractivity contribution in [2.24, 2.45) is 5.92 Å². The number of fused-ring (bicyclic) bond motifs is 4. The Labute approximate surface area is 142 Å². The van der Waals surface area contributed by atoms with Crippen LogP contribution in [0.25, 0.3) is 0 Å². The van der Waals surface area contributed by atoms with Crippen molar-refractivity contribution in [2.75, 3.05) is 4.90 Å². The van der Waals surface area contributed by atoms with Crippen LogP contribution in [0.15, 0.2) is 48.5 Å². The summed E-state index contributed by atoms with van der Waals surface area (Å²) in [6.45, 7) is 6.45. The van der Waals surface area contributed by atoms with Gasteiger partial charge in [0.2, 0.25) is 0 Å². The van der Waals surface area contributed by atoms with Gasteiger partial charge in [-0.2, -0.15) is 0 Å².